The molecule has 0 aromatic heterocycles. The van der Waals surface area contributed by atoms with Crippen LogP contribution in [0.5, 0.6) is 0 Å². The number of carbonyl (C=O) groups is 4. The third kappa shape index (κ3) is 3.19. The Morgan fingerprint density at radius 2 is 1.79 bits per heavy atom. The van der Waals surface area contributed by atoms with Crippen molar-refractivity contribution in [2.24, 2.45) is 5.92 Å². The van der Waals surface area contributed by atoms with Gasteiger partial charge >= 0.3 is 5.97 Å². The molecule has 128 valence electrons. The van der Waals surface area contributed by atoms with Crippen LogP contribution in [0.25, 0.3) is 0 Å². The average molecular weight is 397 g/mol. The molecule has 0 saturated carbocycles. The fourth-order valence-corrected chi connectivity index (χ4v) is 2.95. The third-order valence-electron chi connectivity index (χ3n) is 3.97. The average Bonchev–Trinajstić information content (AvgIpc) is 2.76. The molecule has 0 bridgehead atoms. The molecule has 0 saturated heterocycles. The van der Waals surface area contributed by atoms with E-state index in [0.717, 1.165) is 4.90 Å². The largest absolute Gasteiger partial charge is 0.481 e. The molecule has 3 amide bonds. The van der Waals surface area contributed by atoms with Crippen molar-refractivity contribution < 1.29 is 24.3 Å². The van der Waals surface area contributed by atoms with Crippen molar-refractivity contribution >= 4 is 39.6 Å². The molecule has 1 aromatic rings. The molecule has 2 rings (SSSR count). The number of carboxylic acids is 1. The van der Waals surface area contributed by atoms with E-state index in [0.29, 0.717) is 4.47 Å². The molecule has 0 spiro atoms. The maximum absolute atomic E-state index is 12.5. The first-order chi connectivity index (χ1) is 11.1. The number of likely N-dealkylation sites (N-methyl/N-ethyl adjacent to an activating group) is 1. The van der Waals surface area contributed by atoms with Gasteiger partial charge in [-0.1, -0.05) is 22.9 Å². The predicted octanol–water partition coefficient (Wildman–Crippen LogP) is 1.61. The normalized spacial score (nSPS) is 15.9. The number of benzene rings is 1. The Morgan fingerprint density at radius 3 is 2.38 bits per heavy atom. The second kappa shape index (κ2) is 6.72. The van der Waals surface area contributed by atoms with Gasteiger partial charge in [0, 0.05) is 18.1 Å². The molecule has 1 aromatic carbocycles. The highest BCUT2D eigenvalue weighted by atomic mass is 79.9. The Labute approximate surface area is 147 Å². The molecular weight excluding hydrogens is 380 g/mol. The van der Waals surface area contributed by atoms with E-state index >= 15 is 0 Å². The van der Waals surface area contributed by atoms with Gasteiger partial charge in [-0.25, -0.2) is 0 Å². The lowest BCUT2D eigenvalue weighted by molar-refractivity contribution is -0.143. The first-order valence-electron chi connectivity index (χ1n) is 7.30. The minimum atomic E-state index is -1.02. The Hall–Kier alpha value is -2.22. The predicted molar refractivity (Wildman–Crippen MR) is 88.5 cm³/mol. The molecule has 1 N–H and O–H groups in total. The summed E-state index contributed by atoms with van der Waals surface area (Å²) < 4.78 is 0.663. The summed E-state index contributed by atoms with van der Waals surface area (Å²) in [6.07, 6.45) is 0. The number of rotatable bonds is 5. The molecule has 1 aliphatic heterocycles. The summed E-state index contributed by atoms with van der Waals surface area (Å²) in [5, 5.41) is 8.93. The number of aliphatic carboxylic acids is 1. The van der Waals surface area contributed by atoms with Gasteiger partial charge in [0.05, 0.1) is 17.0 Å². The summed E-state index contributed by atoms with van der Waals surface area (Å²) >= 11 is 3.25. The highest BCUT2D eigenvalue weighted by molar-refractivity contribution is 9.10. The number of hydrogen-bond acceptors (Lipinski definition) is 4. The van der Waals surface area contributed by atoms with Gasteiger partial charge in [0.15, 0.2) is 0 Å². The molecule has 2 atom stereocenters. The second-order valence-corrected chi connectivity index (χ2v) is 6.72. The summed E-state index contributed by atoms with van der Waals surface area (Å²) in [7, 11) is 1.45. The fraction of sp³-hybridized carbons (Fsp3) is 0.375. The van der Waals surface area contributed by atoms with Crippen molar-refractivity contribution in [3.8, 4) is 0 Å². The van der Waals surface area contributed by atoms with Crippen LogP contribution in [0, 0.1) is 5.92 Å². The Balaban J connectivity index is 2.20. The van der Waals surface area contributed by atoms with Crippen LogP contribution in [0.4, 0.5) is 0 Å². The van der Waals surface area contributed by atoms with Crippen molar-refractivity contribution in [2.45, 2.75) is 19.9 Å². The highest BCUT2D eigenvalue weighted by Crippen LogP contribution is 2.27. The van der Waals surface area contributed by atoms with Crippen molar-refractivity contribution in [1.29, 1.82) is 0 Å². The van der Waals surface area contributed by atoms with E-state index in [1.807, 2.05) is 0 Å². The highest BCUT2D eigenvalue weighted by Gasteiger charge is 2.41. The number of fused-ring (bicyclic) bond motifs is 1. The van der Waals surface area contributed by atoms with Crippen LogP contribution in [0.15, 0.2) is 22.7 Å². The van der Waals surface area contributed by atoms with Gasteiger partial charge in [-0.2, -0.15) is 0 Å². The molecule has 24 heavy (non-hydrogen) atoms. The lowest BCUT2D eigenvalue weighted by atomic mass is 10.1. The van der Waals surface area contributed by atoms with Crippen LogP contribution in [0.3, 0.4) is 0 Å². The van der Waals surface area contributed by atoms with Gasteiger partial charge in [0.1, 0.15) is 6.04 Å². The number of nitrogens with zero attached hydrogens (tertiary/aromatic N) is 2. The standard InChI is InChI=1S/C16H17BrN2O5/c1-8(16(23)24)7-18(3)13(20)9(2)19-14(21)11-5-4-10(17)6-12(11)15(19)22/h4-6,8-9H,7H2,1-3H3,(H,23,24). The van der Waals surface area contributed by atoms with Gasteiger partial charge in [0.2, 0.25) is 5.91 Å². The Bertz CT molecular complexity index is 733. The molecule has 0 radical (unpaired) electrons. The zero-order chi connectivity index (χ0) is 18.2. The summed E-state index contributed by atoms with van der Waals surface area (Å²) in [6, 6.07) is 3.72. The molecule has 0 fully saturated rings. The quantitative estimate of drug-likeness (QED) is 0.762. The van der Waals surface area contributed by atoms with E-state index in [2.05, 4.69) is 15.9 Å². The Kier molecular flexibility index (Phi) is 5.08. The summed E-state index contributed by atoms with van der Waals surface area (Å²) in [5.74, 6) is -3.31. The van der Waals surface area contributed by atoms with Crippen molar-refractivity contribution in [3.05, 3.63) is 33.8 Å². The monoisotopic (exact) mass is 396 g/mol. The maximum Gasteiger partial charge on any atom is 0.308 e. The van der Waals surface area contributed by atoms with Crippen LogP contribution in [0.1, 0.15) is 34.6 Å². The molecule has 2 unspecified atom stereocenters. The van der Waals surface area contributed by atoms with E-state index in [9.17, 15) is 19.2 Å². The number of carboxylic acid groups (broad SMARTS) is 1. The van der Waals surface area contributed by atoms with Gasteiger partial charge in [0.25, 0.3) is 11.8 Å². The number of amides is 3. The van der Waals surface area contributed by atoms with Crippen LogP contribution >= 0.6 is 15.9 Å². The zero-order valence-corrected chi connectivity index (χ0v) is 15.0. The van der Waals surface area contributed by atoms with E-state index in [4.69, 9.17) is 5.11 Å². The number of imide groups is 1. The minimum Gasteiger partial charge on any atom is -0.481 e. The number of hydrogen-bond donors (Lipinski definition) is 1. The maximum atomic E-state index is 12.5. The number of halogens is 1. The van der Waals surface area contributed by atoms with Crippen LogP contribution in [-0.2, 0) is 9.59 Å². The van der Waals surface area contributed by atoms with E-state index in [1.54, 1.807) is 12.1 Å². The van der Waals surface area contributed by atoms with Gasteiger partial charge < -0.3 is 10.0 Å². The molecule has 1 aliphatic rings. The van der Waals surface area contributed by atoms with Crippen LogP contribution in [-0.4, -0.2) is 58.2 Å². The Morgan fingerprint density at radius 1 is 1.21 bits per heavy atom. The molecule has 7 nitrogen and oxygen atoms in total. The summed E-state index contributed by atoms with van der Waals surface area (Å²) in [5.41, 5.74) is 0.500. The van der Waals surface area contributed by atoms with E-state index < -0.39 is 35.7 Å². The molecule has 0 aliphatic carbocycles. The van der Waals surface area contributed by atoms with Crippen molar-refractivity contribution in [3.63, 3.8) is 0 Å². The summed E-state index contributed by atoms with van der Waals surface area (Å²) in [6.45, 7) is 2.94. The SMILES string of the molecule is CC(CN(C)C(=O)C(C)N1C(=O)c2ccc(Br)cc2C1=O)C(=O)O. The second-order valence-electron chi connectivity index (χ2n) is 5.80. The van der Waals surface area contributed by atoms with Gasteiger partial charge in [-0.15, -0.1) is 0 Å². The first kappa shape index (κ1) is 18.1. The molecule has 1 heterocycles. The smallest absolute Gasteiger partial charge is 0.308 e. The zero-order valence-electron chi connectivity index (χ0n) is 13.4. The first-order valence-corrected chi connectivity index (χ1v) is 8.09. The topological polar surface area (TPSA) is 95.0 Å². The summed E-state index contributed by atoms with van der Waals surface area (Å²) in [4.78, 5) is 50.4. The third-order valence-corrected chi connectivity index (χ3v) is 4.46. The van der Waals surface area contributed by atoms with Crippen molar-refractivity contribution in [1.82, 2.24) is 9.80 Å². The lowest BCUT2D eigenvalue weighted by Gasteiger charge is -2.27. The minimum absolute atomic E-state index is 0.00672. The molecular formula is C16H17BrN2O5. The van der Waals surface area contributed by atoms with E-state index in [-0.39, 0.29) is 17.7 Å². The fourth-order valence-electron chi connectivity index (χ4n) is 2.59. The van der Waals surface area contributed by atoms with Crippen LogP contribution < -0.4 is 0 Å². The van der Waals surface area contributed by atoms with Crippen LogP contribution in [0.2, 0.25) is 0 Å². The van der Waals surface area contributed by atoms with Gasteiger partial charge in [-0.05, 0) is 25.1 Å². The van der Waals surface area contributed by atoms with E-state index in [1.165, 1.54) is 31.9 Å². The van der Waals surface area contributed by atoms with Gasteiger partial charge in [-0.3, -0.25) is 24.1 Å². The molecule has 8 heteroatoms. The number of carbonyl (C=O) groups excluding carboxylic acids is 3. The van der Waals surface area contributed by atoms with Crippen molar-refractivity contribution in [2.75, 3.05) is 13.6 Å². The lowest BCUT2D eigenvalue weighted by Crippen LogP contribution is -2.49.